The van der Waals surface area contributed by atoms with Gasteiger partial charge in [0.05, 0.1) is 10.2 Å². The van der Waals surface area contributed by atoms with Crippen molar-refractivity contribution in [3.63, 3.8) is 0 Å². The molecule has 90 valence electrons. The van der Waals surface area contributed by atoms with E-state index in [9.17, 15) is 4.79 Å². The molecule has 4 nitrogen and oxygen atoms in total. The van der Waals surface area contributed by atoms with Gasteiger partial charge >= 0.3 is 5.97 Å². The molecule has 2 N–H and O–H groups in total. The first kappa shape index (κ1) is 11.9. The van der Waals surface area contributed by atoms with Gasteiger partial charge in [-0.1, -0.05) is 31.3 Å². The molecule has 0 saturated heterocycles. The van der Waals surface area contributed by atoms with Crippen LogP contribution in [0, 0.1) is 0 Å². The van der Waals surface area contributed by atoms with Crippen LogP contribution in [-0.2, 0) is 4.79 Å². The summed E-state index contributed by atoms with van der Waals surface area (Å²) in [6, 6.07) is 6.16. The van der Waals surface area contributed by atoms with Crippen molar-refractivity contribution in [1.82, 2.24) is 4.98 Å². The lowest BCUT2D eigenvalue weighted by molar-refractivity contribution is -0.134. The summed E-state index contributed by atoms with van der Waals surface area (Å²) >= 11 is 1.49. The minimum atomic E-state index is -0.882. The minimum Gasteiger partial charge on any atom is -0.480 e. The zero-order valence-corrected chi connectivity index (χ0v) is 10.5. The Labute approximate surface area is 103 Å². The van der Waals surface area contributed by atoms with Crippen molar-refractivity contribution in [1.29, 1.82) is 0 Å². The van der Waals surface area contributed by atoms with Crippen LogP contribution in [0.5, 0.6) is 0 Å². The lowest BCUT2D eigenvalue weighted by atomic mass is 10.0. The summed E-state index contributed by atoms with van der Waals surface area (Å²) in [4.78, 5) is 14.8. The van der Waals surface area contributed by atoms with Gasteiger partial charge in [0.15, 0.2) is 5.13 Å². The molecule has 2 rings (SSSR count). The second-order valence-electron chi connectivity index (χ2n) is 4.15. The topological polar surface area (TPSA) is 62.2 Å². The Morgan fingerprint density at radius 2 is 2.29 bits per heavy atom. The number of hydrogen-bond donors (Lipinski definition) is 2. The number of nitrogens with zero attached hydrogens (tertiary/aromatic N) is 1. The van der Waals surface area contributed by atoms with E-state index in [0.29, 0.717) is 11.0 Å². The van der Waals surface area contributed by atoms with Crippen molar-refractivity contribution in [3.05, 3.63) is 23.8 Å². The number of hydrogen-bond acceptors (Lipinski definition) is 4. The molecule has 0 aliphatic rings. The Kier molecular flexibility index (Phi) is 3.28. The number of carbonyl (C=O) groups is 1. The summed E-state index contributed by atoms with van der Waals surface area (Å²) in [6.07, 6.45) is 0. The molecule has 0 fully saturated rings. The van der Waals surface area contributed by atoms with Crippen LogP contribution in [0.1, 0.15) is 25.3 Å². The fourth-order valence-electron chi connectivity index (χ4n) is 1.53. The first-order valence-corrected chi connectivity index (χ1v) is 6.24. The molecule has 0 aliphatic carbocycles. The molecular formula is C12H14N2O2S. The standard InChI is InChI=1S/C12H14N2O2S/c1-7(2)8-3-4-9-10(5-8)17-12(14-9)13-6-11(15)16/h3-5,7H,6H2,1-2H3,(H,13,14)(H,15,16). The van der Waals surface area contributed by atoms with Crippen molar-refractivity contribution in [3.8, 4) is 0 Å². The Balaban J connectivity index is 2.27. The lowest BCUT2D eigenvalue weighted by Crippen LogP contribution is -2.11. The molecule has 0 unspecified atom stereocenters. The average Bonchev–Trinajstić information content (AvgIpc) is 2.67. The van der Waals surface area contributed by atoms with Crippen molar-refractivity contribution >= 4 is 32.7 Å². The van der Waals surface area contributed by atoms with Crippen LogP contribution in [0.15, 0.2) is 18.2 Å². The number of benzene rings is 1. The molecule has 0 saturated carbocycles. The van der Waals surface area contributed by atoms with Crippen LogP contribution in [-0.4, -0.2) is 22.6 Å². The van der Waals surface area contributed by atoms with E-state index in [2.05, 4.69) is 36.3 Å². The lowest BCUT2D eigenvalue weighted by Gasteiger charge is -2.03. The van der Waals surface area contributed by atoms with Crippen LogP contribution >= 0.6 is 11.3 Å². The molecule has 1 aromatic heterocycles. The third kappa shape index (κ3) is 2.74. The fourth-order valence-corrected chi connectivity index (χ4v) is 2.44. The Bertz CT molecular complexity index is 548. The number of thiazole rings is 1. The predicted molar refractivity (Wildman–Crippen MR) is 69.8 cm³/mol. The van der Waals surface area contributed by atoms with Crippen LogP contribution in [0.4, 0.5) is 5.13 Å². The number of anilines is 1. The molecule has 0 aliphatic heterocycles. The summed E-state index contributed by atoms with van der Waals surface area (Å²) < 4.78 is 1.09. The van der Waals surface area contributed by atoms with Gasteiger partial charge in [0, 0.05) is 0 Å². The molecule has 1 aromatic carbocycles. The maximum atomic E-state index is 10.4. The largest absolute Gasteiger partial charge is 0.480 e. The molecule has 0 atom stereocenters. The molecule has 1 heterocycles. The van der Waals surface area contributed by atoms with Gasteiger partial charge in [-0.2, -0.15) is 0 Å². The first-order chi connectivity index (χ1) is 8.06. The molecule has 0 spiro atoms. The van der Waals surface area contributed by atoms with Gasteiger partial charge in [0.2, 0.25) is 0 Å². The number of carboxylic acids is 1. The van der Waals surface area contributed by atoms with E-state index in [1.807, 2.05) is 6.07 Å². The SMILES string of the molecule is CC(C)c1ccc2nc(NCC(=O)O)sc2c1. The quantitative estimate of drug-likeness (QED) is 0.875. The highest BCUT2D eigenvalue weighted by Crippen LogP contribution is 2.28. The monoisotopic (exact) mass is 250 g/mol. The third-order valence-corrected chi connectivity index (χ3v) is 3.45. The van der Waals surface area contributed by atoms with Gasteiger partial charge in [-0.05, 0) is 23.6 Å². The minimum absolute atomic E-state index is 0.100. The zero-order chi connectivity index (χ0) is 12.4. The average molecular weight is 250 g/mol. The third-order valence-electron chi connectivity index (χ3n) is 2.47. The van der Waals surface area contributed by atoms with Crippen LogP contribution in [0.2, 0.25) is 0 Å². The second-order valence-corrected chi connectivity index (χ2v) is 5.18. The summed E-state index contributed by atoms with van der Waals surface area (Å²) in [5, 5.41) is 12.0. The van der Waals surface area contributed by atoms with Gasteiger partial charge in [-0.25, -0.2) is 4.98 Å². The highest BCUT2D eigenvalue weighted by atomic mass is 32.1. The Morgan fingerprint density at radius 1 is 1.53 bits per heavy atom. The van der Waals surface area contributed by atoms with Crippen LogP contribution in [0.3, 0.4) is 0 Å². The molecule has 0 amide bonds. The highest BCUT2D eigenvalue weighted by Gasteiger charge is 2.07. The van der Waals surface area contributed by atoms with E-state index in [1.165, 1.54) is 16.9 Å². The molecule has 2 aromatic rings. The number of rotatable bonds is 4. The summed E-state index contributed by atoms with van der Waals surface area (Å²) in [5.41, 5.74) is 2.18. The molecule has 17 heavy (non-hydrogen) atoms. The van der Waals surface area contributed by atoms with Gasteiger partial charge in [-0.15, -0.1) is 0 Å². The van der Waals surface area contributed by atoms with Gasteiger partial charge < -0.3 is 10.4 Å². The van der Waals surface area contributed by atoms with Gasteiger partial charge in [0.25, 0.3) is 0 Å². The van der Waals surface area contributed by atoms with E-state index in [4.69, 9.17) is 5.11 Å². The van der Waals surface area contributed by atoms with Crippen LogP contribution in [0.25, 0.3) is 10.2 Å². The van der Waals surface area contributed by atoms with Crippen molar-refractivity contribution in [2.45, 2.75) is 19.8 Å². The van der Waals surface area contributed by atoms with Crippen molar-refractivity contribution < 1.29 is 9.90 Å². The normalized spacial score (nSPS) is 11.0. The van der Waals surface area contributed by atoms with E-state index < -0.39 is 5.97 Å². The Hall–Kier alpha value is -1.62. The summed E-state index contributed by atoms with van der Waals surface area (Å²) in [6.45, 7) is 4.19. The Morgan fingerprint density at radius 3 is 2.94 bits per heavy atom. The maximum Gasteiger partial charge on any atom is 0.322 e. The van der Waals surface area contributed by atoms with Crippen molar-refractivity contribution in [2.24, 2.45) is 0 Å². The van der Waals surface area contributed by atoms with Gasteiger partial charge in [0.1, 0.15) is 6.54 Å². The summed E-state index contributed by atoms with van der Waals surface area (Å²) in [7, 11) is 0. The van der Waals surface area contributed by atoms with E-state index in [1.54, 1.807) is 0 Å². The number of aromatic nitrogens is 1. The van der Waals surface area contributed by atoms with E-state index in [-0.39, 0.29) is 6.54 Å². The zero-order valence-electron chi connectivity index (χ0n) is 9.73. The van der Waals surface area contributed by atoms with Gasteiger partial charge in [-0.3, -0.25) is 4.79 Å². The summed E-state index contributed by atoms with van der Waals surface area (Å²) in [5.74, 6) is -0.399. The second kappa shape index (κ2) is 4.71. The first-order valence-electron chi connectivity index (χ1n) is 5.42. The van der Waals surface area contributed by atoms with E-state index >= 15 is 0 Å². The predicted octanol–water partition coefficient (Wildman–Crippen LogP) is 2.92. The number of nitrogens with one attached hydrogen (secondary N) is 1. The number of aliphatic carboxylic acids is 1. The molecular weight excluding hydrogens is 236 g/mol. The van der Waals surface area contributed by atoms with Crippen LogP contribution < -0.4 is 5.32 Å². The molecule has 0 radical (unpaired) electrons. The number of fused-ring (bicyclic) bond motifs is 1. The number of carboxylic acid groups (broad SMARTS) is 1. The highest BCUT2D eigenvalue weighted by molar-refractivity contribution is 7.22. The van der Waals surface area contributed by atoms with Crippen molar-refractivity contribution in [2.75, 3.05) is 11.9 Å². The van der Waals surface area contributed by atoms with E-state index in [0.717, 1.165) is 10.2 Å². The maximum absolute atomic E-state index is 10.4. The fraction of sp³-hybridized carbons (Fsp3) is 0.333. The molecule has 5 heteroatoms. The molecule has 0 bridgehead atoms. The smallest absolute Gasteiger partial charge is 0.322 e.